The van der Waals surface area contributed by atoms with Gasteiger partial charge in [0.2, 0.25) is 10.0 Å². The van der Waals surface area contributed by atoms with Gasteiger partial charge in [0.05, 0.1) is 31.3 Å². The van der Waals surface area contributed by atoms with Gasteiger partial charge in [0.25, 0.3) is 0 Å². The number of methoxy groups -OCH3 is 2. The van der Waals surface area contributed by atoms with E-state index in [9.17, 15) is 18.0 Å². The lowest BCUT2D eigenvalue weighted by Crippen LogP contribution is -2.39. The highest BCUT2D eigenvalue weighted by Crippen LogP contribution is 2.29. The summed E-state index contributed by atoms with van der Waals surface area (Å²) in [6.45, 7) is 0.946. The molecular weight excluding hydrogens is 400 g/mol. The lowest BCUT2D eigenvalue weighted by molar-refractivity contribution is -0.140. The van der Waals surface area contributed by atoms with E-state index in [1.54, 1.807) is 12.1 Å². The van der Waals surface area contributed by atoms with Crippen LogP contribution in [0.3, 0.4) is 0 Å². The Bertz CT molecular complexity index is 903. The average Bonchev–Trinajstić information content (AvgIpc) is 2.78. The van der Waals surface area contributed by atoms with Gasteiger partial charge in [-0.05, 0) is 37.1 Å². The zero-order chi connectivity index (χ0) is 21.0. The number of piperidine rings is 1. The summed E-state index contributed by atoms with van der Waals surface area (Å²) in [5, 5.41) is 0. The molecule has 29 heavy (non-hydrogen) atoms. The van der Waals surface area contributed by atoms with Crippen molar-refractivity contribution in [3.63, 3.8) is 0 Å². The first-order chi connectivity index (χ1) is 13.9. The number of hydrogen-bond acceptors (Lipinski definition) is 8. The predicted molar refractivity (Wildman–Crippen MR) is 103 cm³/mol. The third-order valence-corrected chi connectivity index (χ3v) is 6.85. The SMILES string of the molecule is COC(=O)C1=C(C(=O)OC)N(c2ccc(S(=O)(=O)N3CCCCC3)cc2)COC1. The van der Waals surface area contributed by atoms with Crippen molar-refractivity contribution in [2.45, 2.75) is 24.2 Å². The molecule has 2 aliphatic heterocycles. The van der Waals surface area contributed by atoms with Crippen LogP contribution >= 0.6 is 0 Å². The summed E-state index contributed by atoms with van der Waals surface area (Å²) in [5.74, 6) is -1.40. The van der Waals surface area contributed by atoms with Gasteiger partial charge >= 0.3 is 11.9 Å². The number of anilines is 1. The van der Waals surface area contributed by atoms with E-state index < -0.39 is 22.0 Å². The Morgan fingerprint density at radius 3 is 2.17 bits per heavy atom. The van der Waals surface area contributed by atoms with Crippen molar-refractivity contribution in [1.82, 2.24) is 4.31 Å². The van der Waals surface area contributed by atoms with Crippen molar-refractivity contribution < 1.29 is 32.2 Å². The van der Waals surface area contributed by atoms with Gasteiger partial charge in [-0.25, -0.2) is 18.0 Å². The third kappa shape index (κ3) is 4.29. The van der Waals surface area contributed by atoms with E-state index in [4.69, 9.17) is 14.2 Å². The smallest absolute Gasteiger partial charge is 0.355 e. The van der Waals surface area contributed by atoms with E-state index in [2.05, 4.69) is 0 Å². The number of esters is 2. The second kappa shape index (κ2) is 8.93. The van der Waals surface area contributed by atoms with Crippen molar-refractivity contribution in [3.05, 3.63) is 35.5 Å². The Hall–Kier alpha value is -2.43. The summed E-state index contributed by atoms with van der Waals surface area (Å²) in [7, 11) is -1.14. The number of sulfonamides is 1. The molecule has 1 saturated heterocycles. The number of benzene rings is 1. The minimum Gasteiger partial charge on any atom is -0.466 e. The Morgan fingerprint density at radius 2 is 1.59 bits per heavy atom. The maximum atomic E-state index is 12.8. The minimum absolute atomic E-state index is 0.00312. The molecular formula is C19H24N2O7S. The van der Waals surface area contributed by atoms with E-state index in [-0.39, 0.29) is 29.5 Å². The lowest BCUT2D eigenvalue weighted by atomic mass is 10.1. The van der Waals surface area contributed by atoms with Crippen LogP contribution in [0.2, 0.25) is 0 Å². The van der Waals surface area contributed by atoms with E-state index in [0.717, 1.165) is 19.3 Å². The quantitative estimate of drug-likeness (QED) is 0.651. The summed E-state index contributed by atoms with van der Waals surface area (Å²) < 4.78 is 42.1. The van der Waals surface area contributed by atoms with Crippen LogP contribution in [0.25, 0.3) is 0 Å². The second-order valence-electron chi connectivity index (χ2n) is 6.67. The lowest BCUT2D eigenvalue weighted by Gasteiger charge is -2.31. The number of hydrogen-bond donors (Lipinski definition) is 0. The Labute approximate surface area is 169 Å². The zero-order valence-corrected chi connectivity index (χ0v) is 17.2. The summed E-state index contributed by atoms with van der Waals surface area (Å²) in [6, 6.07) is 6.12. The number of carbonyl (C=O) groups is 2. The summed E-state index contributed by atoms with van der Waals surface area (Å²) in [4.78, 5) is 26.0. The highest BCUT2D eigenvalue weighted by Gasteiger charge is 2.33. The highest BCUT2D eigenvalue weighted by molar-refractivity contribution is 7.89. The van der Waals surface area contributed by atoms with E-state index >= 15 is 0 Å². The molecule has 158 valence electrons. The van der Waals surface area contributed by atoms with Crippen LogP contribution in [0.4, 0.5) is 5.69 Å². The van der Waals surface area contributed by atoms with Crippen molar-refractivity contribution in [2.75, 3.05) is 45.5 Å². The molecule has 9 nitrogen and oxygen atoms in total. The maximum absolute atomic E-state index is 12.8. The first-order valence-electron chi connectivity index (χ1n) is 9.25. The van der Waals surface area contributed by atoms with Crippen LogP contribution in [0.1, 0.15) is 19.3 Å². The van der Waals surface area contributed by atoms with Gasteiger partial charge in [0, 0.05) is 18.8 Å². The summed E-state index contributed by atoms with van der Waals surface area (Å²) in [6.07, 6.45) is 2.74. The van der Waals surface area contributed by atoms with Crippen molar-refractivity contribution in [1.29, 1.82) is 0 Å². The Morgan fingerprint density at radius 1 is 0.966 bits per heavy atom. The molecule has 1 aromatic rings. The van der Waals surface area contributed by atoms with Gasteiger partial charge in [0.1, 0.15) is 12.4 Å². The fourth-order valence-corrected chi connectivity index (χ4v) is 4.92. The monoisotopic (exact) mass is 424 g/mol. The van der Waals surface area contributed by atoms with Crippen molar-refractivity contribution in [3.8, 4) is 0 Å². The van der Waals surface area contributed by atoms with Gasteiger partial charge in [-0.2, -0.15) is 4.31 Å². The number of ether oxygens (including phenoxy) is 3. The van der Waals surface area contributed by atoms with E-state index in [1.807, 2.05) is 0 Å². The molecule has 0 spiro atoms. The van der Waals surface area contributed by atoms with Gasteiger partial charge in [0.15, 0.2) is 0 Å². The largest absolute Gasteiger partial charge is 0.466 e. The molecule has 1 aromatic carbocycles. The Kier molecular flexibility index (Phi) is 6.56. The number of rotatable bonds is 5. The molecule has 0 bridgehead atoms. The van der Waals surface area contributed by atoms with E-state index in [0.29, 0.717) is 18.8 Å². The van der Waals surface area contributed by atoms with Gasteiger partial charge < -0.3 is 19.1 Å². The van der Waals surface area contributed by atoms with Crippen LogP contribution in [0.15, 0.2) is 40.4 Å². The molecule has 0 saturated carbocycles. The fraction of sp³-hybridized carbons (Fsp3) is 0.474. The highest BCUT2D eigenvalue weighted by atomic mass is 32.2. The van der Waals surface area contributed by atoms with E-state index in [1.165, 1.54) is 35.6 Å². The van der Waals surface area contributed by atoms with Gasteiger partial charge in [-0.3, -0.25) is 0 Å². The summed E-state index contributed by atoms with van der Waals surface area (Å²) in [5.41, 5.74) is 0.539. The molecule has 0 aliphatic carbocycles. The van der Waals surface area contributed by atoms with Gasteiger partial charge in [-0.15, -0.1) is 0 Å². The molecule has 0 amide bonds. The Balaban J connectivity index is 1.93. The van der Waals surface area contributed by atoms with Crippen LogP contribution in [-0.4, -0.2) is 65.3 Å². The maximum Gasteiger partial charge on any atom is 0.355 e. The van der Waals surface area contributed by atoms with Crippen LogP contribution in [0, 0.1) is 0 Å². The summed E-state index contributed by atoms with van der Waals surface area (Å²) >= 11 is 0. The van der Waals surface area contributed by atoms with Crippen molar-refractivity contribution >= 4 is 27.6 Å². The number of carbonyl (C=O) groups excluding carboxylic acids is 2. The molecule has 10 heteroatoms. The molecule has 0 N–H and O–H groups in total. The number of nitrogens with zero attached hydrogens (tertiary/aromatic N) is 2. The first kappa shape index (κ1) is 21.3. The average molecular weight is 424 g/mol. The normalized spacial score (nSPS) is 18.5. The fourth-order valence-electron chi connectivity index (χ4n) is 3.40. The molecule has 0 unspecified atom stereocenters. The zero-order valence-electron chi connectivity index (χ0n) is 16.4. The molecule has 0 atom stereocenters. The molecule has 0 aromatic heterocycles. The third-order valence-electron chi connectivity index (χ3n) is 4.93. The van der Waals surface area contributed by atoms with Crippen LogP contribution < -0.4 is 4.90 Å². The molecule has 0 radical (unpaired) electrons. The minimum atomic E-state index is -3.57. The first-order valence-corrected chi connectivity index (χ1v) is 10.7. The van der Waals surface area contributed by atoms with Crippen LogP contribution in [0.5, 0.6) is 0 Å². The molecule has 2 aliphatic rings. The predicted octanol–water partition coefficient (Wildman–Crippen LogP) is 1.26. The van der Waals surface area contributed by atoms with Crippen molar-refractivity contribution in [2.24, 2.45) is 0 Å². The van der Waals surface area contributed by atoms with Gasteiger partial charge in [-0.1, -0.05) is 6.42 Å². The molecule has 1 fully saturated rings. The molecule has 3 rings (SSSR count). The van der Waals surface area contributed by atoms with Crippen LogP contribution in [-0.2, 0) is 33.8 Å². The second-order valence-corrected chi connectivity index (χ2v) is 8.61. The molecule has 2 heterocycles. The standard InChI is InChI=1S/C19H24N2O7S/c1-26-18(22)16-12-28-13-21(17(16)19(23)27-2)14-6-8-15(9-7-14)29(24,25)20-10-4-3-5-11-20/h6-9H,3-5,10-13H2,1-2H3. The topological polar surface area (TPSA) is 102 Å².